The molecule has 2 aromatic carbocycles. The summed E-state index contributed by atoms with van der Waals surface area (Å²) < 4.78 is 4.70. The highest BCUT2D eigenvalue weighted by Gasteiger charge is 2.16. The monoisotopic (exact) mass is 426 g/mol. The molecule has 1 aliphatic rings. The van der Waals surface area contributed by atoms with E-state index in [4.69, 9.17) is 9.84 Å². The predicted molar refractivity (Wildman–Crippen MR) is 118 cm³/mol. The molecular weight excluding hydrogens is 400 g/mol. The van der Waals surface area contributed by atoms with E-state index in [0.29, 0.717) is 5.82 Å². The molecule has 1 aliphatic heterocycles. The number of benzene rings is 2. The number of imidazole rings is 1. The third-order valence-corrected chi connectivity index (χ3v) is 6.27. The molecule has 1 fully saturated rings. The van der Waals surface area contributed by atoms with Crippen molar-refractivity contribution in [3.8, 4) is 0 Å². The van der Waals surface area contributed by atoms with E-state index >= 15 is 0 Å². The number of nitrogens with one attached hydrogen (secondary N) is 1. The molecule has 2 N–H and O–H groups in total. The molecule has 0 atom stereocenters. The molecule has 3 aromatic rings. The zero-order valence-electron chi connectivity index (χ0n) is 17.0. The molecule has 1 aromatic heterocycles. The lowest BCUT2D eigenvalue weighted by Crippen LogP contribution is -2.47. The van der Waals surface area contributed by atoms with Crippen molar-refractivity contribution in [2.75, 3.05) is 51.3 Å². The van der Waals surface area contributed by atoms with Crippen molar-refractivity contribution in [2.45, 2.75) is 16.2 Å². The predicted octanol–water partition coefficient (Wildman–Crippen LogP) is 2.54. The van der Waals surface area contributed by atoms with Gasteiger partial charge in [0.05, 0.1) is 24.8 Å². The molecule has 0 spiro atoms. The molecule has 0 bridgehead atoms. The first-order valence-electron chi connectivity index (χ1n) is 10.1. The van der Waals surface area contributed by atoms with E-state index in [2.05, 4.69) is 50.1 Å². The lowest BCUT2D eigenvalue weighted by atomic mass is 10.2. The number of piperazine rings is 1. The van der Waals surface area contributed by atoms with Crippen LogP contribution in [0, 0.1) is 0 Å². The Labute approximate surface area is 180 Å². The Morgan fingerprint density at radius 3 is 2.57 bits per heavy atom. The Morgan fingerprint density at radius 2 is 1.87 bits per heavy atom. The highest BCUT2D eigenvalue weighted by Crippen LogP contribution is 2.31. The maximum Gasteiger partial charge on any atom is 0.313 e. The lowest BCUT2D eigenvalue weighted by Gasteiger charge is -2.35. The van der Waals surface area contributed by atoms with Crippen LogP contribution in [0.15, 0.2) is 52.3 Å². The van der Waals surface area contributed by atoms with Crippen molar-refractivity contribution in [3.63, 3.8) is 0 Å². The summed E-state index contributed by atoms with van der Waals surface area (Å²) in [4.78, 5) is 26.1. The fraction of sp³-hybridized carbons (Fsp3) is 0.364. The van der Waals surface area contributed by atoms with Gasteiger partial charge in [0.2, 0.25) is 0 Å². The number of carbonyl (C=O) groups is 1. The van der Waals surface area contributed by atoms with Crippen molar-refractivity contribution >= 4 is 34.5 Å². The third-order valence-electron chi connectivity index (χ3n) is 5.27. The van der Waals surface area contributed by atoms with Crippen molar-refractivity contribution in [2.24, 2.45) is 0 Å². The van der Waals surface area contributed by atoms with Crippen LogP contribution >= 0.6 is 11.8 Å². The quantitative estimate of drug-likeness (QED) is 0.562. The fourth-order valence-corrected chi connectivity index (χ4v) is 4.49. The Kier molecular flexibility index (Phi) is 6.56. The number of hydrogen-bond acceptors (Lipinski definition) is 7. The van der Waals surface area contributed by atoms with Crippen LogP contribution in [-0.2, 0) is 16.0 Å². The summed E-state index contributed by atoms with van der Waals surface area (Å²) in [7, 11) is 1.38. The number of aliphatic hydroxyl groups excluding tert-OH is 1. The Hall–Kier alpha value is -2.55. The van der Waals surface area contributed by atoms with E-state index in [0.717, 1.165) is 48.7 Å². The highest BCUT2D eigenvalue weighted by atomic mass is 32.2. The van der Waals surface area contributed by atoms with Gasteiger partial charge in [0.15, 0.2) is 0 Å². The average molecular weight is 427 g/mol. The van der Waals surface area contributed by atoms with Gasteiger partial charge in [-0.25, -0.2) is 4.98 Å². The summed E-state index contributed by atoms with van der Waals surface area (Å²) in [6, 6.07) is 14.7. The molecule has 158 valence electrons. The summed E-state index contributed by atoms with van der Waals surface area (Å²) in [5, 5.41) is 9.08. The van der Waals surface area contributed by atoms with Gasteiger partial charge in [-0.15, -0.1) is 0 Å². The van der Waals surface area contributed by atoms with Gasteiger partial charge in [-0.1, -0.05) is 11.8 Å². The Balaban J connectivity index is 1.39. The molecule has 0 radical (unpaired) electrons. The first-order chi connectivity index (χ1) is 14.6. The van der Waals surface area contributed by atoms with E-state index in [1.54, 1.807) is 11.8 Å². The molecule has 0 amide bonds. The van der Waals surface area contributed by atoms with Gasteiger partial charge >= 0.3 is 5.97 Å². The van der Waals surface area contributed by atoms with Crippen LogP contribution in [-0.4, -0.2) is 72.4 Å². The minimum atomic E-state index is -0.307. The van der Waals surface area contributed by atoms with Gasteiger partial charge in [0.1, 0.15) is 12.2 Å². The van der Waals surface area contributed by atoms with Gasteiger partial charge in [-0.05, 0) is 42.5 Å². The van der Waals surface area contributed by atoms with E-state index in [1.807, 2.05) is 12.1 Å². The zero-order valence-corrected chi connectivity index (χ0v) is 17.8. The van der Waals surface area contributed by atoms with Gasteiger partial charge in [0, 0.05) is 48.2 Å². The second-order valence-electron chi connectivity index (χ2n) is 7.26. The molecule has 2 heterocycles. The number of β-amino-alcohol motifs (C(OH)–C–C–N with tert-alkyl or cyclic N) is 1. The number of H-pyrrole nitrogens is 1. The van der Waals surface area contributed by atoms with Gasteiger partial charge in [0.25, 0.3) is 0 Å². The Morgan fingerprint density at radius 1 is 1.13 bits per heavy atom. The maximum atomic E-state index is 11.5. The second-order valence-corrected chi connectivity index (χ2v) is 8.41. The van der Waals surface area contributed by atoms with Gasteiger partial charge in [-0.3, -0.25) is 9.69 Å². The van der Waals surface area contributed by atoms with E-state index in [9.17, 15) is 4.79 Å². The number of aliphatic hydroxyl groups is 1. The third kappa shape index (κ3) is 4.95. The molecule has 0 aliphatic carbocycles. The molecule has 7 nitrogen and oxygen atoms in total. The molecular formula is C22H26N4O3S. The zero-order chi connectivity index (χ0) is 20.9. The van der Waals surface area contributed by atoms with E-state index in [-0.39, 0.29) is 19.0 Å². The van der Waals surface area contributed by atoms with Crippen molar-refractivity contribution in [3.05, 3.63) is 48.3 Å². The van der Waals surface area contributed by atoms with Crippen molar-refractivity contribution in [1.82, 2.24) is 14.9 Å². The molecule has 30 heavy (non-hydrogen) atoms. The van der Waals surface area contributed by atoms with Crippen molar-refractivity contribution in [1.29, 1.82) is 0 Å². The number of ether oxygens (including phenoxy) is 1. The number of aromatic nitrogens is 2. The molecule has 0 saturated carbocycles. The minimum Gasteiger partial charge on any atom is -0.469 e. The average Bonchev–Trinajstić information content (AvgIpc) is 3.16. The normalized spacial score (nSPS) is 14.9. The molecule has 8 heteroatoms. The van der Waals surface area contributed by atoms with Gasteiger partial charge < -0.3 is 19.7 Å². The summed E-state index contributed by atoms with van der Waals surface area (Å²) in [6.07, 6.45) is 0.142. The van der Waals surface area contributed by atoms with Crippen LogP contribution in [0.4, 0.5) is 5.69 Å². The van der Waals surface area contributed by atoms with Crippen LogP contribution in [0.2, 0.25) is 0 Å². The van der Waals surface area contributed by atoms with Crippen LogP contribution < -0.4 is 4.90 Å². The minimum absolute atomic E-state index is 0.142. The maximum absolute atomic E-state index is 11.5. The highest BCUT2D eigenvalue weighted by molar-refractivity contribution is 7.99. The van der Waals surface area contributed by atoms with E-state index in [1.165, 1.54) is 17.7 Å². The smallest absolute Gasteiger partial charge is 0.313 e. The number of fused-ring (bicyclic) bond motifs is 1. The summed E-state index contributed by atoms with van der Waals surface area (Å²) in [5.41, 5.74) is 2.99. The van der Waals surface area contributed by atoms with Crippen molar-refractivity contribution < 1.29 is 14.6 Å². The molecule has 1 saturated heterocycles. The number of esters is 1. The number of nitrogens with zero attached hydrogens (tertiary/aromatic N) is 3. The molecule has 4 rings (SSSR count). The fourth-order valence-electron chi connectivity index (χ4n) is 3.63. The number of carbonyl (C=O) groups excluding carboxylic acids is 1. The van der Waals surface area contributed by atoms with Crippen LogP contribution in [0.3, 0.4) is 0 Å². The standard InChI is InChI=1S/C22H26N4O3S/c1-29-22(28)15-21-23-19-7-6-18(14-20(19)24-21)30-17-4-2-16(3-5-17)26-10-8-25(9-11-26)12-13-27/h2-7,14,27H,8-13,15H2,1H3,(H,23,24). The number of methoxy groups -OCH3 is 1. The second kappa shape index (κ2) is 9.51. The van der Waals surface area contributed by atoms with Crippen LogP contribution in [0.1, 0.15) is 5.82 Å². The van der Waals surface area contributed by atoms with Crippen LogP contribution in [0.5, 0.6) is 0 Å². The summed E-state index contributed by atoms with van der Waals surface area (Å²) in [5.74, 6) is 0.306. The SMILES string of the molecule is COC(=O)Cc1nc2ccc(Sc3ccc(N4CCN(CCO)CC4)cc3)cc2[nH]1. The Bertz CT molecular complexity index is 997. The lowest BCUT2D eigenvalue weighted by molar-refractivity contribution is -0.139. The van der Waals surface area contributed by atoms with Gasteiger partial charge in [-0.2, -0.15) is 0 Å². The first-order valence-corrected chi connectivity index (χ1v) is 10.9. The largest absolute Gasteiger partial charge is 0.469 e. The summed E-state index contributed by atoms with van der Waals surface area (Å²) in [6.45, 7) is 4.92. The number of rotatable bonds is 7. The first kappa shape index (κ1) is 20.7. The van der Waals surface area contributed by atoms with E-state index < -0.39 is 0 Å². The van der Waals surface area contributed by atoms with Crippen LogP contribution in [0.25, 0.3) is 11.0 Å². The number of anilines is 1. The topological polar surface area (TPSA) is 81.7 Å². The summed E-state index contributed by atoms with van der Waals surface area (Å²) >= 11 is 1.70. The number of hydrogen-bond donors (Lipinski definition) is 2. The number of aromatic amines is 1. The molecule has 0 unspecified atom stereocenters.